The van der Waals surface area contributed by atoms with Gasteiger partial charge in [-0.1, -0.05) is 0 Å². The number of hydrogen-bond donors (Lipinski definition) is 0. The zero-order valence-electron chi connectivity index (χ0n) is 12.5. The summed E-state index contributed by atoms with van der Waals surface area (Å²) in [5, 5.41) is 0. The Hall–Kier alpha value is -1.79. The Morgan fingerprint density at radius 3 is 2.77 bits per heavy atom. The van der Waals surface area contributed by atoms with Gasteiger partial charge in [-0.3, -0.25) is 4.79 Å². The standard InChI is InChI=1S/C16H18BrNO4/c1-20-8-6-18(10-12-5-7-22-11-12)16(19)14-9-13(21-2)3-4-15(14)17/h3-5,7,9,11H,6,8,10H2,1-2H3. The quantitative estimate of drug-likeness (QED) is 0.752. The Labute approximate surface area is 137 Å². The molecule has 0 saturated carbocycles. The lowest BCUT2D eigenvalue weighted by Crippen LogP contribution is -2.33. The zero-order valence-corrected chi connectivity index (χ0v) is 14.1. The van der Waals surface area contributed by atoms with Crippen LogP contribution in [0.5, 0.6) is 5.75 Å². The fraction of sp³-hybridized carbons (Fsp3) is 0.312. The summed E-state index contributed by atoms with van der Waals surface area (Å²) < 4.78 is 16.1. The van der Waals surface area contributed by atoms with Gasteiger partial charge >= 0.3 is 0 Å². The topological polar surface area (TPSA) is 51.9 Å². The van der Waals surface area contributed by atoms with Gasteiger partial charge in [0.05, 0.1) is 31.8 Å². The first-order valence-corrected chi connectivity index (χ1v) is 7.58. The average Bonchev–Trinajstić information content (AvgIpc) is 3.04. The summed E-state index contributed by atoms with van der Waals surface area (Å²) >= 11 is 3.42. The van der Waals surface area contributed by atoms with E-state index >= 15 is 0 Å². The highest BCUT2D eigenvalue weighted by Gasteiger charge is 2.19. The zero-order chi connectivity index (χ0) is 15.9. The van der Waals surface area contributed by atoms with Gasteiger partial charge in [-0.05, 0) is 40.2 Å². The molecule has 0 fully saturated rings. The van der Waals surface area contributed by atoms with E-state index < -0.39 is 0 Å². The summed E-state index contributed by atoms with van der Waals surface area (Å²) in [5.74, 6) is 0.547. The van der Waals surface area contributed by atoms with E-state index in [0.29, 0.717) is 31.0 Å². The second-order valence-electron chi connectivity index (χ2n) is 4.70. The van der Waals surface area contributed by atoms with E-state index in [2.05, 4.69) is 15.9 Å². The highest BCUT2D eigenvalue weighted by molar-refractivity contribution is 9.10. The number of rotatable bonds is 7. The van der Waals surface area contributed by atoms with Crippen molar-refractivity contribution in [2.24, 2.45) is 0 Å². The number of furan rings is 1. The van der Waals surface area contributed by atoms with Crippen LogP contribution in [0.25, 0.3) is 0 Å². The number of carbonyl (C=O) groups is 1. The van der Waals surface area contributed by atoms with Gasteiger partial charge in [0.1, 0.15) is 5.75 Å². The lowest BCUT2D eigenvalue weighted by molar-refractivity contribution is 0.0679. The first-order valence-electron chi connectivity index (χ1n) is 6.78. The van der Waals surface area contributed by atoms with Crippen LogP contribution in [-0.2, 0) is 11.3 Å². The lowest BCUT2D eigenvalue weighted by atomic mass is 10.1. The van der Waals surface area contributed by atoms with Crippen LogP contribution in [0.15, 0.2) is 45.7 Å². The SMILES string of the molecule is COCCN(Cc1ccoc1)C(=O)c1cc(OC)ccc1Br. The molecule has 22 heavy (non-hydrogen) atoms. The molecule has 6 heteroatoms. The third-order valence-electron chi connectivity index (χ3n) is 3.21. The van der Waals surface area contributed by atoms with Gasteiger partial charge in [0.25, 0.3) is 5.91 Å². The number of benzene rings is 1. The molecule has 0 radical (unpaired) electrons. The predicted molar refractivity (Wildman–Crippen MR) is 86.0 cm³/mol. The van der Waals surface area contributed by atoms with E-state index in [4.69, 9.17) is 13.9 Å². The van der Waals surface area contributed by atoms with Crippen molar-refractivity contribution >= 4 is 21.8 Å². The van der Waals surface area contributed by atoms with Crippen LogP contribution in [-0.4, -0.2) is 38.2 Å². The molecular formula is C16H18BrNO4. The van der Waals surface area contributed by atoms with Gasteiger partial charge in [0.2, 0.25) is 0 Å². The number of nitrogens with zero attached hydrogens (tertiary/aromatic N) is 1. The predicted octanol–water partition coefficient (Wildman–Crippen LogP) is 3.34. The van der Waals surface area contributed by atoms with E-state index in [9.17, 15) is 4.79 Å². The molecule has 118 valence electrons. The number of carbonyl (C=O) groups excluding carboxylic acids is 1. The van der Waals surface area contributed by atoms with E-state index in [1.54, 1.807) is 49.8 Å². The number of amides is 1. The van der Waals surface area contributed by atoms with E-state index in [-0.39, 0.29) is 5.91 Å². The molecule has 0 aliphatic carbocycles. The van der Waals surface area contributed by atoms with Gasteiger partial charge < -0.3 is 18.8 Å². The van der Waals surface area contributed by atoms with Crippen LogP contribution in [0.3, 0.4) is 0 Å². The van der Waals surface area contributed by atoms with E-state index in [1.807, 2.05) is 6.07 Å². The molecule has 0 spiro atoms. The molecule has 0 unspecified atom stereocenters. The molecule has 5 nitrogen and oxygen atoms in total. The smallest absolute Gasteiger partial charge is 0.255 e. The molecule has 0 aliphatic rings. The molecule has 0 bridgehead atoms. The van der Waals surface area contributed by atoms with Crippen molar-refractivity contribution in [1.82, 2.24) is 4.90 Å². The molecule has 0 atom stereocenters. The minimum absolute atomic E-state index is 0.0935. The third-order valence-corrected chi connectivity index (χ3v) is 3.90. The van der Waals surface area contributed by atoms with Crippen LogP contribution >= 0.6 is 15.9 Å². The summed E-state index contributed by atoms with van der Waals surface area (Å²) in [6, 6.07) is 7.17. The second-order valence-corrected chi connectivity index (χ2v) is 5.55. The number of hydrogen-bond acceptors (Lipinski definition) is 4. The van der Waals surface area contributed by atoms with E-state index in [1.165, 1.54) is 0 Å². The number of ether oxygens (including phenoxy) is 2. The molecule has 1 heterocycles. The maximum atomic E-state index is 12.8. The minimum Gasteiger partial charge on any atom is -0.497 e. The molecule has 2 rings (SSSR count). The van der Waals surface area contributed by atoms with Crippen LogP contribution in [0.1, 0.15) is 15.9 Å². The molecule has 0 N–H and O–H groups in total. The van der Waals surface area contributed by atoms with Gasteiger partial charge in [0.15, 0.2) is 0 Å². The molecule has 0 aliphatic heterocycles. The Kier molecular flexibility index (Phi) is 6.03. The summed E-state index contributed by atoms with van der Waals surface area (Å²) in [6.07, 6.45) is 3.23. The average molecular weight is 368 g/mol. The second kappa shape index (κ2) is 8.00. The van der Waals surface area contributed by atoms with Crippen LogP contribution in [0.4, 0.5) is 0 Å². The summed E-state index contributed by atoms with van der Waals surface area (Å²) in [5.41, 5.74) is 1.49. The maximum Gasteiger partial charge on any atom is 0.255 e. The third kappa shape index (κ3) is 4.11. The van der Waals surface area contributed by atoms with Crippen molar-refractivity contribution in [2.45, 2.75) is 6.54 Å². The van der Waals surface area contributed by atoms with Crippen molar-refractivity contribution in [3.05, 3.63) is 52.4 Å². The first kappa shape index (κ1) is 16.6. The summed E-state index contributed by atoms with van der Waals surface area (Å²) in [7, 11) is 3.19. The summed E-state index contributed by atoms with van der Waals surface area (Å²) in [4.78, 5) is 14.5. The fourth-order valence-electron chi connectivity index (χ4n) is 2.02. The molecule has 0 saturated heterocycles. The fourth-order valence-corrected chi connectivity index (χ4v) is 2.44. The molecular weight excluding hydrogens is 350 g/mol. The summed E-state index contributed by atoms with van der Waals surface area (Å²) in [6.45, 7) is 1.41. The van der Waals surface area contributed by atoms with Gasteiger partial charge in [-0.25, -0.2) is 0 Å². The number of halogens is 1. The normalized spacial score (nSPS) is 10.5. The molecule has 2 aromatic rings. The van der Waals surface area contributed by atoms with Crippen LogP contribution < -0.4 is 4.74 Å². The largest absolute Gasteiger partial charge is 0.497 e. The van der Waals surface area contributed by atoms with Crippen LogP contribution in [0, 0.1) is 0 Å². The van der Waals surface area contributed by atoms with Crippen molar-refractivity contribution in [1.29, 1.82) is 0 Å². The highest BCUT2D eigenvalue weighted by atomic mass is 79.9. The molecule has 1 aromatic carbocycles. The monoisotopic (exact) mass is 367 g/mol. The maximum absolute atomic E-state index is 12.8. The Bertz CT molecular complexity index is 613. The molecule has 1 amide bonds. The van der Waals surface area contributed by atoms with Gasteiger partial charge in [0, 0.05) is 30.2 Å². The minimum atomic E-state index is -0.0935. The van der Waals surface area contributed by atoms with Crippen LogP contribution in [0.2, 0.25) is 0 Å². The Morgan fingerprint density at radius 1 is 1.32 bits per heavy atom. The van der Waals surface area contributed by atoms with Crippen molar-refractivity contribution in [3.63, 3.8) is 0 Å². The van der Waals surface area contributed by atoms with Gasteiger partial charge in [-0.2, -0.15) is 0 Å². The van der Waals surface area contributed by atoms with Gasteiger partial charge in [-0.15, -0.1) is 0 Å². The lowest BCUT2D eigenvalue weighted by Gasteiger charge is -2.22. The highest BCUT2D eigenvalue weighted by Crippen LogP contribution is 2.24. The number of methoxy groups -OCH3 is 2. The Morgan fingerprint density at radius 2 is 2.14 bits per heavy atom. The van der Waals surface area contributed by atoms with Crippen molar-refractivity contribution in [2.75, 3.05) is 27.4 Å². The van der Waals surface area contributed by atoms with Crippen molar-refractivity contribution < 1.29 is 18.7 Å². The van der Waals surface area contributed by atoms with E-state index in [0.717, 1.165) is 10.0 Å². The van der Waals surface area contributed by atoms with Crippen molar-refractivity contribution in [3.8, 4) is 5.75 Å². The first-order chi connectivity index (χ1) is 10.7. The molecule has 1 aromatic heterocycles. The Balaban J connectivity index is 2.23.